The third kappa shape index (κ3) is 3.85. The van der Waals surface area contributed by atoms with Gasteiger partial charge in [-0.2, -0.15) is 0 Å². The van der Waals surface area contributed by atoms with Gasteiger partial charge in [0.15, 0.2) is 11.5 Å². The summed E-state index contributed by atoms with van der Waals surface area (Å²) in [6.07, 6.45) is 0. The van der Waals surface area contributed by atoms with Gasteiger partial charge in [0.05, 0.1) is 5.25 Å². The van der Waals surface area contributed by atoms with Crippen LogP contribution in [0, 0.1) is 13.8 Å². The van der Waals surface area contributed by atoms with Gasteiger partial charge in [0.1, 0.15) is 13.2 Å². The average molecular weight is 343 g/mol. The standard InChI is InChI=1S/C19H21NO3S/c1-12-4-6-16(10-13(12)2)24-14(3)19(21)20-15-5-7-17-18(11-15)23-9-8-22-17/h4-7,10-11,14H,8-9H2,1-3H3,(H,20,21)/t14-/m1/s1. The van der Waals surface area contributed by atoms with Crippen LogP contribution in [0.5, 0.6) is 11.5 Å². The third-order valence-electron chi connectivity index (χ3n) is 3.97. The van der Waals surface area contributed by atoms with E-state index in [1.165, 1.54) is 11.1 Å². The van der Waals surface area contributed by atoms with E-state index in [-0.39, 0.29) is 11.2 Å². The first-order valence-electron chi connectivity index (χ1n) is 7.97. The number of rotatable bonds is 4. The molecule has 1 amide bonds. The minimum atomic E-state index is -0.194. The van der Waals surface area contributed by atoms with Crippen LogP contribution in [0.1, 0.15) is 18.1 Å². The van der Waals surface area contributed by atoms with Crippen molar-refractivity contribution in [2.45, 2.75) is 30.9 Å². The molecule has 1 aliphatic heterocycles. The molecule has 126 valence electrons. The maximum Gasteiger partial charge on any atom is 0.237 e. The molecule has 0 aliphatic carbocycles. The van der Waals surface area contributed by atoms with E-state index in [0.29, 0.717) is 19.0 Å². The van der Waals surface area contributed by atoms with E-state index >= 15 is 0 Å². The molecule has 0 radical (unpaired) electrons. The maximum atomic E-state index is 12.4. The molecule has 24 heavy (non-hydrogen) atoms. The normalized spacial score (nSPS) is 14.1. The predicted molar refractivity (Wildman–Crippen MR) is 97.3 cm³/mol. The summed E-state index contributed by atoms with van der Waals surface area (Å²) in [4.78, 5) is 13.5. The van der Waals surface area contributed by atoms with Crippen molar-refractivity contribution in [2.24, 2.45) is 0 Å². The summed E-state index contributed by atoms with van der Waals surface area (Å²) in [5, 5.41) is 2.75. The number of anilines is 1. The van der Waals surface area contributed by atoms with Gasteiger partial charge in [-0.3, -0.25) is 4.79 Å². The van der Waals surface area contributed by atoms with Crippen molar-refractivity contribution in [2.75, 3.05) is 18.5 Å². The Bertz CT molecular complexity index is 760. The van der Waals surface area contributed by atoms with Gasteiger partial charge in [-0.1, -0.05) is 6.07 Å². The highest BCUT2D eigenvalue weighted by atomic mass is 32.2. The van der Waals surface area contributed by atoms with Crippen molar-refractivity contribution in [3.8, 4) is 11.5 Å². The monoisotopic (exact) mass is 343 g/mol. The first-order valence-corrected chi connectivity index (χ1v) is 8.85. The van der Waals surface area contributed by atoms with Crippen molar-refractivity contribution >= 4 is 23.4 Å². The molecule has 0 unspecified atom stereocenters. The summed E-state index contributed by atoms with van der Waals surface area (Å²) in [5.41, 5.74) is 3.21. The molecule has 0 aromatic heterocycles. The number of thioether (sulfide) groups is 1. The number of aryl methyl sites for hydroxylation is 2. The van der Waals surface area contributed by atoms with Gasteiger partial charge >= 0.3 is 0 Å². The minimum Gasteiger partial charge on any atom is -0.486 e. The molecule has 5 heteroatoms. The van der Waals surface area contributed by atoms with Crippen molar-refractivity contribution in [1.82, 2.24) is 0 Å². The number of carbonyl (C=O) groups excluding carboxylic acids is 1. The maximum absolute atomic E-state index is 12.4. The Balaban J connectivity index is 1.64. The minimum absolute atomic E-state index is 0.0325. The van der Waals surface area contributed by atoms with Crippen molar-refractivity contribution in [1.29, 1.82) is 0 Å². The molecule has 0 saturated carbocycles. The van der Waals surface area contributed by atoms with Crippen LogP contribution < -0.4 is 14.8 Å². The Hall–Kier alpha value is -2.14. The van der Waals surface area contributed by atoms with Crippen LogP contribution in [0.15, 0.2) is 41.3 Å². The molecule has 0 fully saturated rings. The summed E-state index contributed by atoms with van der Waals surface area (Å²) in [6.45, 7) is 7.17. The second-order valence-corrected chi connectivity index (χ2v) is 7.27. The van der Waals surface area contributed by atoms with E-state index in [2.05, 4.69) is 37.4 Å². The molecular weight excluding hydrogens is 322 g/mol. The fourth-order valence-electron chi connectivity index (χ4n) is 2.41. The molecule has 0 bridgehead atoms. The highest BCUT2D eigenvalue weighted by molar-refractivity contribution is 8.00. The summed E-state index contributed by atoms with van der Waals surface area (Å²) >= 11 is 1.55. The number of carbonyl (C=O) groups is 1. The largest absolute Gasteiger partial charge is 0.486 e. The van der Waals surface area contributed by atoms with Crippen LogP contribution in [-0.4, -0.2) is 24.4 Å². The molecule has 0 spiro atoms. The quantitative estimate of drug-likeness (QED) is 0.846. The highest BCUT2D eigenvalue weighted by Gasteiger charge is 2.17. The van der Waals surface area contributed by atoms with E-state index in [1.807, 2.05) is 19.1 Å². The molecule has 1 aliphatic rings. The summed E-state index contributed by atoms with van der Waals surface area (Å²) in [6, 6.07) is 11.7. The van der Waals surface area contributed by atoms with Crippen LogP contribution in [0.3, 0.4) is 0 Å². The van der Waals surface area contributed by atoms with Crippen molar-refractivity contribution < 1.29 is 14.3 Å². The zero-order chi connectivity index (χ0) is 17.1. The number of ether oxygens (including phenoxy) is 2. The summed E-state index contributed by atoms with van der Waals surface area (Å²) in [5.74, 6) is 1.36. The Morgan fingerprint density at radius 3 is 2.54 bits per heavy atom. The fraction of sp³-hybridized carbons (Fsp3) is 0.316. The lowest BCUT2D eigenvalue weighted by Gasteiger charge is -2.19. The van der Waals surface area contributed by atoms with E-state index in [1.54, 1.807) is 17.8 Å². The van der Waals surface area contributed by atoms with Crippen LogP contribution in [-0.2, 0) is 4.79 Å². The molecule has 2 aromatic carbocycles. The molecule has 1 atom stereocenters. The third-order valence-corrected chi connectivity index (χ3v) is 5.06. The van der Waals surface area contributed by atoms with Crippen molar-refractivity contribution in [3.05, 3.63) is 47.5 Å². The average Bonchev–Trinajstić information content (AvgIpc) is 2.58. The zero-order valence-electron chi connectivity index (χ0n) is 14.1. The van der Waals surface area contributed by atoms with E-state index < -0.39 is 0 Å². The Kier molecular flexibility index (Phi) is 5.00. The van der Waals surface area contributed by atoms with Crippen LogP contribution in [0.2, 0.25) is 0 Å². The molecule has 2 aromatic rings. The molecule has 4 nitrogen and oxygen atoms in total. The number of hydrogen-bond donors (Lipinski definition) is 1. The Labute approximate surface area is 146 Å². The van der Waals surface area contributed by atoms with Gasteiger partial charge in [-0.15, -0.1) is 11.8 Å². The van der Waals surface area contributed by atoms with E-state index in [4.69, 9.17) is 9.47 Å². The Morgan fingerprint density at radius 2 is 1.79 bits per heavy atom. The van der Waals surface area contributed by atoms with Crippen LogP contribution >= 0.6 is 11.8 Å². The number of hydrogen-bond acceptors (Lipinski definition) is 4. The number of fused-ring (bicyclic) bond motifs is 1. The van der Waals surface area contributed by atoms with Gasteiger partial charge in [0.2, 0.25) is 5.91 Å². The van der Waals surface area contributed by atoms with Gasteiger partial charge in [0, 0.05) is 16.6 Å². The van der Waals surface area contributed by atoms with Gasteiger partial charge in [-0.05, 0) is 56.2 Å². The molecule has 0 saturated heterocycles. The fourth-order valence-corrected chi connectivity index (χ4v) is 3.38. The number of nitrogens with one attached hydrogen (secondary N) is 1. The first kappa shape index (κ1) is 16.7. The van der Waals surface area contributed by atoms with E-state index in [9.17, 15) is 4.79 Å². The van der Waals surface area contributed by atoms with Crippen molar-refractivity contribution in [3.63, 3.8) is 0 Å². The molecule has 3 rings (SSSR count). The SMILES string of the molecule is Cc1ccc(S[C@H](C)C(=O)Nc2ccc3c(c2)OCCO3)cc1C. The number of benzene rings is 2. The molecular formula is C19H21NO3S. The second kappa shape index (κ2) is 7.18. The topological polar surface area (TPSA) is 47.6 Å². The highest BCUT2D eigenvalue weighted by Crippen LogP contribution is 2.33. The summed E-state index contributed by atoms with van der Waals surface area (Å²) in [7, 11) is 0. The molecule has 1 heterocycles. The first-order chi connectivity index (χ1) is 11.5. The smallest absolute Gasteiger partial charge is 0.237 e. The van der Waals surface area contributed by atoms with Crippen LogP contribution in [0.25, 0.3) is 0 Å². The lowest BCUT2D eigenvalue weighted by Crippen LogP contribution is -2.22. The van der Waals surface area contributed by atoms with Gasteiger partial charge < -0.3 is 14.8 Å². The predicted octanol–water partition coefficient (Wildman–Crippen LogP) is 4.19. The lowest BCUT2D eigenvalue weighted by molar-refractivity contribution is -0.115. The molecule has 1 N–H and O–H groups in total. The van der Waals surface area contributed by atoms with Crippen LogP contribution in [0.4, 0.5) is 5.69 Å². The lowest BCUT2D eigenvalue weighted by atomic mass is 10.1. The van der Waals surface area contributed by atoms with E-state index in [0.717, 1.165) is 16.3 Å². The van der Waals surface area contributed by atoms with Gasteiger partial charge in [-0.25, -0.2) is 0 Å². The second-order valence-electron chi connectivity index (χ2n) is 5.85. The zero-order valence-corrected chi connectivity index (χ0v) is 14.9. The number of amides is 1. The Morgan fingerprint density at radius 1 is 1.04 bits per heavy atom. The summed E-state index contributed by atoms with van der Waals surface area (Å²) < 4.78 is 11.0. The van der Waals surface area contributed by atoms with Gasteiger partial charge in [0.25, 0.3) is 0 Å².